The molecule has 2 unspecified atom stereocenters. The summed E-state index contributed by atoms with van der Waals surface area (Å²) in [5.41, 5.74) is 12.1. The van der Waals surface area contributed by atoms with E-state index >= 15 is 0 Å². The molecule has 11 rings (SSSR count). The Morgan fingerprint density at radius 3 is 2.37 bits per heavy atom. The molecule has 7 aromatic rings. The van der Waals surface area contributed by atoms with Crippen LogP contribution in [0, 0.1) is 12.8 Å². The molecule has 2 bridgehead atoms. The molecular weight excluding hydrogens is 993 g/mol. The first-order valence-corrected chi connectivity index (χ1v) is 26.7. The number of hydrogen-bond donors (Lipinski definition) is 4. The number of aryl methyl sites for hydroxylation is 1. The molecular formula is C58H64N12O8. The lowest BCUT2D eigenvalue weighted by Gasteiger charge is -2.43. The zero-order chi connectivity index (χ0) is 54.0. The molecule has 8 heterocycles. The molecule has 1 aliphatic carbocycles. The second kappa shape index (κ2) is 22.2. The van der Waals surface area contributed by atoms with Gasteiger partial charge in [0, 0.05) is 98.6 Å². The number of piperazine rings is 1. The van der Waals surface area contributed by atoms with Crippen molar-refractivity contribution in [3.63, 3.8) is 0 Å². The summed E-state index contributed by atoms with van der Waals surface area (Å²) >= 11 is 0. The van der Waals surface area contributed by atoms with Gasteiger partial charge in [-0.05, 0) is 104 Å². The number of aliphatic hydroxyl groups is 1. The van der Waals surface area contributed by atoms with Gasteiger partial charge in [0.1, 0.15) is 48.1 Å². The highest BCUT2D eigenvalue weighted by molar-refractivity contribution is 5.91. The first-order valence-electron chi connectivity index (χ1n) is 26.7. The smallest absolute Gasteiger partial charge is 0.254 e. The number of fused-ring (bicyclic) bond motifs is 2. The highest BCUT2D eigenvalue weighted by Gasteiger charge is 2.44. The van der Waals surface area contributed by atoms with E-state index in [0.717, 1.165) is 67.2 Å². The van der Waals surface area contributed by atoms with E-state index in [1.54, 1.807) is 36.7 Å². The number of aromatic hydroxyl groups is 1. The number of pyridine rings is 2. The lowest BCUT2D eigenvalue weighted by Crippen LogP contribution is -2.54. The van der Waals surface area contributed by atoms with E-state index in [1.807, 2.05) is 111 Å². The average molecular weight is 1060 g/mol. The number of carbonyl (C=O) groups excluding carboxylic acids is 2. The highest BCUT2D eigenvalue weighted by atomic mass is 16.5. The van der Waals surface area contributed by atoms with Crippen LogP contribution in [0.2, 0.25) is 0 Å². The number of nitrogens with two attached hydrogens (primary N) is 1. The minimum Gasteiger partial charge on any atom is -0.507 e. The normalized spacial score (nSPS) is 21.6. The number of anilines is 3. The summed E-state index contributed by atoms with van der Waals surface area (Å²) in [5.74, 6) is 1.53. The van der Waals surface area contributed by atoms with Crippen molar-refractivity contribution in [2.75, 3.05) is 41.8 Å². The van der Waals surface area contributed by atoms with E-state index in [1.165, 1.54) is 4.90 Å². The maximum atomic E-state index is 14.2. The number of ether oxygens (including phenoxy) is 3. The van der Waals surface area contributed by atoms with Crippen molar-refractivity contribution in [1.82, 2.24) is 45.1 Å². The van der Waals surface area contributed by atoms with E-state index in [4.69, 9.17) is 24.5 Å². The van der Waals surface area contributed by atoms with E-state index in [0.29, 0.717) is 40.2 Å². The van der Waals surface area contributed by atoms with Gasteiger partial charge in [-0.15, -0.1) is 10.2 Å². The molecule has 2 amide bonds. The van der Waals surface area contributed by atoms with Crippen LogP contribution in [0.4, 0.5) is 17.2 Å². The van der Waals surface area contributed by atoms with Crippen molar-refractivity contribution in [1.29, 1.82) is 0 Å². The predicted octanol–water partition coefficient (Wildman–Crippen LogP) is 7.22. The van der Waals surface area contributed by atoms with Gasteiger partial charge < -0.3 is 59.3 Å². The summed E-state index contributed by atoms with van der Waals surface area (Å²) in [7, 11) is 0. The zero-order valence-corrected chi connectivity index (χ0v) is 44.0. The zero-order valence-electron chi connectivity index (χ0n) is 44.0. The molecule has 3 aliphatic heterocycles. The third-order valence-electron chi connectivity index (χ3n) is 15.3. The number of hydrogen-bond acceptors (Lipinski definition) is 17. The number of nitrogen functional groups attached to an aromatic ring is 1. The maximum absolute atomic E-state index is 14.2. The topological polar surface area (TPSA) is 245 Å². The van der Waals surface area contributed by atoms with Crippen molar-refractivity contribution in [2.24, 2.45) is 5.92 Å². The van der Waals surface area contributed by atoms with Crippen LogP contribution in [-0.2, 0) is 9.59 Å². The van der Waals surface area contributed by atoms with Crippen LogP contribution >= 0.6 is 0 Å². The lowest BCUT2D eigenvalue weighted by atomic mass is 9.91. The van der Waals surface area contributed by atoms with Crippen LogP contribution in [0.5, 0.6) is 23.3 Å². The standard InChI is InChI=1S/C58H64N12O8/c1-34(2)55(58(74)69-33-43(71)25-50(69)57(73)63-35(3)37-11-14-39(15-12-37)68-22-21-60-36(68)4)52-29-54(66-78-52)75-23-7-8-38-13-18-44(30-62-38)76-45-26-46(27-45)77-53-24-40(19-20-61-53)70-41-16-17-42(70)32-67(31-41)49-28-48(64-65-56(49)59)47-9-5-6-10-51(47)72/h5-15,18-22,24,28-30,34-35,41-43,45-46,50,55,71-72H,16-17,23,25-27,31-33H2,1-4H3,(H2,59,65)(H,63,73)/b8-7+/t35-,41?,42?,43+,45?,46?,50-,55-/m0/s1. The molecule has 3 saturated heterocycles. The molecule has 0 radical (unpaired) electrons. The van der Waals surface area contributed by atoms with E-state index < -0.39 is 18.1 Å². The Hall–Kier alpha value is -8.52. The number of para-hydroxylation sites is 1. The minimum absolute atomic E-state index is 0.0110. The first kappa shape index (κ1) is 51.6. The molecule has 6 atom stereocenters. The number of carbonyl (C=O) groups is 2. The Kier molecular flexibility index (Phi) is 14.7. The Balaban J connectivity index is 0.623. The number of amides is 2. The average Bonchev–Trinajstić information content (AvgIpc) is 4.28. The number of likely N-dealkylation sites (tertiary alicyclic amines) is 1. The van der Waals surface area contributed by atoms with Crippen molar-refractivity contribution < 1.29 is 38.5 Å². The monoisotopic (exact) mass is 1060 g/mol. The number of aliphatic hydroxyl groups excluding tert-OH is 1. The molecule has 78 heavy (non-hydrogen) atoms. The molecule has 404 valence electrons. The predicted molar refractivity (Wildman–Crippen MR) is 291 cm³/mol. The molecule has 1 saturated carbocycles. The second-order valence-electron chi connectivity index (χ2n) is 21.0. The van der Waals surface area contributed by atoms with Crippen molar-refractivity contribution in [3.05, 3.63) is 139 Å². The van der Waals surface area contributed by atoms with Gasteiger partial charge in [-0.3, -0.25) is 14.6 Å². The second-order valence-corrected chi connectivity index (χ2v) is 21.0. The fourth-order valence-electron chi connectivity index (χ4n) is 11.2. The van der Waals surface area contributed by atoms with Crippen LogP contribution in [0.25, 0.3) is 23.0 Å². The highest BCUT2D eigenvalue weighted by Crippen LogP contribution is 2.41. The minimum atomic E-state index is -0.856. The van der Waals surface area contributed by atoms with Crippen LogP contribution in [0.15, 0.2) is 120 Å². The van der Waals surface area contributed by atoms with Crippen molar-refractivity contribution in [2.45, 2.75) is 108 Å². The van der Waals surface area contributed by atoms with Gasteiger partial charge in [-0.2, -0.15) is 0 Å². The number of benzene rings is 2. The summed E-state index contributed by atoms with van der Waals surface area (Å²) in [6.07, 6.45) is 13.6. The molecule has 5 N–H and O–H groups in total. The van der Waals surface area contributed by atoms with Crippen LogP contribution in [-0.4, -0.2) is 124 Å². The number of aromatic nitrogens is 7. The number of rotatable bonds is 18. The number of nitrogens with one attached hydrogen (secondary N) is 1. The Labute approximate surface area is 451 Å². The van der Waals surface area contributed by atoms with Gasteiger partial charge >= 0.3 is 0 Å². The lowest BCUT2D eigenvalue weighted by molar-refractivity contribution is -0.141. The Morgan fingerprint density at radius 1 is 0.859 bits per heavy atom. The van der Waals surface area contributed by atoms with Crippen molar-refractivity contribution in [3.8, 4) is 40.2 Å². The molecule has 4 fully saturated rings. The van der Waals surface area contributed by atoms with Gasteiger partial charge in [0.15, 0.2) is 11.6 Å². The Morgan fingerprint density at radius 2 is 1.64 bits per heavy atom. The number of phenols is 1. The summed E-state index contributed by atoms with van der Waals surface area (Å²) in [6, 6.07) is 25.7. The molecule has 20 nitrogen and oxygen atoms in total. The fraction of sp³-hybridized carbons (Fsp3) is 0.379. The van der Waals surface area contributed by atoms with Gasteiger partial charge in [0.2, 0.25) is 17.7 Å². The van der Waals surface area contributed by atoms with E-state index in [2.05, 4.69) is 51.5 Å². The number of phenolic OH excluding ortho intramolecular Hbond substituents is 1. The molecule has 5 aromatic heterocycles. The fourth-order valence-corrected chi connectivity index (χ4v) is 11.2. The largest absolute Gasteiger partial charge is 0.507 e. The summed E-state index contributed by atoms with van der Waals surface area (Å²) in [5, 5.41) is 36.8. The number of imidazole rings is 1. The third kappa shape index (κ3) is 11.0. The SMILES string of the molecule is Cc1nccn1-c1ccc([C@H](C)NC(=O)[C@@H]2C[C@@H](O)CN2C(=O)[C@H](c2cc(OC/C=C/c3ccc(OC4CC(Oc5cc(N6C7CCC6CN(c6cc(-c8ccccc8O)nnc6N)C7)ccn5)C4)cn3)no2)C(C)C)cc1. The van der Waals surface area contributed by atoms with Gasteiger partial charge in [-0.25, -0.2) is 9.97 Å². The third-order valence-corrected chi connectivity index (χ3v) is 15.3. The summed E-state index contributed by atoms with van der Waals surface area (Å²) in [6.45, 7) is 9.36. The van der Waals surface area contributed by atoms with Crippen LogP contribution in [0.1, 0.15) is 87.7 Å². The van der Waals surface area contributed by atoms with Gasteiger partial charge in [0.25, 0.3) is 5.88 Å². The van der Waals surface area contributed by atoms with Crippen molar-refractivity contribution >= 4 is 35.1 Å². The molecule has 2 aromatic carbocycles. The molecule has 0 spiro atoms. The van der Waals surface area contributed by atoms with Gasteiger partial charge in [-0.1, -0.05) is 38.1 Å². The number of β-amino-alcohol motifs (C(OH)–C–C–N with tert-alkyl or cyclic N) is 1. The number of nitrogens with zero attached hydrogens (tertiary/aromatic N) is 10. The maximum Gasteiger partial charge on any atom is 0.254 e. The van der Waals surface area contributed by atoms with E-state index in [9.17, 15) is 19.8 Å². The molecule has 4 aliphatic rings. The van der Waals surface area contributed by atoms with Gasteiger partial charge in [0.05, 0.1) is 35.4 Å². The quantitative estimate of drug-likeness (QED) is 0.0662. The summed E-state index contributed by atoms with van der Waals surface area (Å²) < 4.78 is 26.1. The molecule has 20 heteroatoms. The van der Waals surface area contributed by atoms with Crippen LogP contribution in [0.3, 0.4) is 0 Å². The summed E-state index contributed by atoms with van der Waals surface area (Å²) in [4.78, 5) is 47.5. The first-order chi connectivity index (χ1) is 37.8. The van der Waals surface area contributed by atoms with E-state index in [-0.39, 0.29) is 79.3 Å². The van der Waals surface area contributed by atoms with Crippen LogP contribution < -0.4 is 35.1 Å². The Bertz CT molecular complexity index is 3250.